The Hall–Kier alpha value is -2.56. The predicted molar refractivity (Wildman–Crippen MR) is 88.6 cm³/mol. The molecule has 1 amide bonds. The number of hydrogen-bond acceptors (Lipinski definition) is 4. The summed E-state index contributed by atoms with van der Waals surface area (Å²) in [7, 11) is 1.50. The molecule has 0 aromatic heterocycles. The molecule has 23 heavy (non-hydrogen) atoms. The van der Waals surface area contributed by atoms with E-state index in [9.17, 15) is 9.59 Å². The highest BCUT2D eigenvalue weighted by Gasteiger charge is 2.16. The largest absolute Gasteiger partial charge is 0.496 e. The van der Waals surface area contributed by atoms with E-state index in [4.69, 9.17) is 9.47 Å². The van der Waals surface area contributed by atoms with Gasteiger partial charge in [-0.15, -0.1) is 0 Å². The van der Waals surface area contributed by atoms with Gasteiger partial charge in [-0.2, -0.15) is 0 Å². The number of esters is 1. The summed E-state index contributed by atoms with van der Waals surface area (Å²) in [5.74, 6) is -0.120. The fourth-order valence-electron chi connectivity index (χ4n) is 2.13. The van der Waals surface area contributed by atoms with Gasteiger partial charge in [0.1, 0.15) is 11.3 Å². The second-order valence-electron chi connectivity index (χ2n) is 5.67. The average molecular weight is 315 g/mol. The quantitative estimate of drug-likeness (QED) is 0.833. The third-order valence-electron chi connectivity index (χ3n) is 3.33. The summed E-state index contributed by atoms with van der Waals surface area (Å²) >= 11 is 0. The number of fused-ring (bicyclic) bond motifs is 1. The lowest BCUT2D eigenvalue weighted by Crippen LogP contribution is -2.31. The molecule has 0 atom stereocenters. The highest BCUT2D eigenvalue weighted by atomic mass is 16.5. The summed E-state index contributed by atoms with van der Waals surface area (Å²) in [5, 5.41) is 4.57. The van der Waals surface area contributed by atoms with Crippen LogP contribution in [-0.2, 0) is 9.53 Å². The molecule has 122 valence electrons. The lowest BCUT2D eigenvalue weighted by molar-refractivity contribution is -0.124. The zero-order valence-electron chi connectivity index (χ0n) is 13.6. The molecule has 0 fully saturated rings. The standard InChI is InChI=1S/C18H21NO4/c1-12(2)10-19-17(20)11-23-18(21)15-8-13-6-4-5-7-14(13)9-16(15)22-3/h4-9,12H,10-11H2,1-3H3,(H,19,20). The second kappa shape index (κ2) is 7.63. The zero-order chi connectivity index (χ0) is 16.8. The van der Waals surface area contributed by atoms with Crippen LogP contribution >= 0.6 is 0 Å². The van der Waals surface area contributed by atoms with Crippen molar-refractivity contribution in [3.8, 4) is 5.75 Å². The molecule has 0 bridgehead atoms. The molecule has 0 spiro atoms. The normalized spacial score (nSPS) is 10.6. The first kappa shape index (κ1) is 16.8. The molecule has 0 saturated heterocycles. The van der Waals surface area contributed by atoms with Gasteiger partial charge >= 0.3 is 5.97 Å². The van der Waals surface area contributed by atoms with Gasteiger partial charge in [-0.3, -0.25) is 4.79 Å². The Bertz CT molecular complexity index is 709. The van der Waals surface area contributed by atoms with Gasteiger partial charge in [-0.1, -0.05) is 38.1 Å². The van der Waals surface area contributed by atoms with Crippen molar-refractivity contribution in [3.63, 3.8) is 0 Å². The average Bonchev–Trinajstić information content (AvgIpc) is 2.56. The summed E-state index contributed by atoms with van der Waals surface area (Å²) in [6.07, 6.45) is 0. The fraction of sp³-hybridized carbons (Fsp3) is 0.333. The third kappa shape index (κ3) is 4.45. The predicted octanol–water partition coefficient (Wildman–Crippen LogP) is 2.78. The molecule has 2 rings (SSSR count). The van der Waals surface area contributed by atoms with Gasteiger partial charge in [0.2, 0.25) is 0 Å². The second-order valence-corrected chi connectivity index (χ2v) is 5.67. The van der Waals surface area contributed by atoms with Crippen LogP contribution in [0.25, 0.3) is 10.8 Å². The van der Waals surface area contributed by atoms with Crippen LogP contribution in [0.2, 0.25) is 0 Å². The summed E-state index contributed by atoms with van der Waals surface area (Å²) < 4.78 is 10.3. The molecule has 0 heterocycles. The smallest absolute Gasteiger partial charge is 0.342 e. The summed E-state index contributed by atoms with van der Waals surface area (Å²) in [5.41, 5.74) is 0.308. The Kier molecular flexibility index (Phi) is 5.57. The Morgan fingerprint density at radius 1 is 1.13 bits per heavy atom. The SMILES string of the molecule is COc1cc2ccccc2cc1C(=O)OCC(=O)NCC(C)C. The summed E-state index contributed by atoms with van der Waals surface area (Å²) in [6.45, 7) is 4.23. The maximum atomic E-state index is 12.2. The van der Waals surface area contributed by atoms with Crippen molar-refractivity contribution in [3.05, 3.63) is 42.0 Å². The number of carbonyl (C=O) groups is 2. The molecule has 0 unspecified atom stereocenters. The molecule has 0 saturated carbocycles. The van der Waals surface area contributed by atoms with Crippen LogP contribution in [0.3, 0.4) is 0 Å². The van der Waals surface area contributed by atoms with Crippen molar-refractivity contribution in [2.75, 3.05) is 20.3 Å². The number of benzene rings is 2. The summed E-state index contributed by atoms with van der Waals surface area (Å²) in [6, 6.07) is 11.1. The minimum Gasteiger partial charge on any atom is -0.496 e. The van der Waals surface area contributed by atoms with E-state index in [0.29, 0.717) is 23.8 Å². The van der Waals surface area contributed by atoms with Crippen LogP contribution in [0.5, 0.6) is 5.75 Å². The number of nitrogens with one attached hydrogen (secondary N) is 1. The first-order valence-electron chi connectivity index (χ1n) is 7.52. The molecule has 1 N–H and O–H groups in total. The van der Waals surface area contributed by atoms with Crippen LogP contribution in [0.4, 0.5) is 0 Å². The minimum absolute atomic E-state index is 0.304. The van der Waals surface area contributed by atoms with Crippen molar-refractivity contribution in [1.29, 1.82) is 0 Å². The van der Waals surface area contributed by atoms with E-state index in [1.54, 1.807) is 12.1 Å². The molecule has 0 aliphatic rings. The van der Waals surface area contributed by atoms with E-state index in [1.165, 1.54) is 7.11 Å². The van der Waals surface area contributed by atoms with E-state index in [-0.39, 0.29) is 12.5 Å². The fourth-order valence-corrected chi connectivity index (χ4v) is 2.13. The van der Waals surface area contributed by atoms with Gasteiger partial charge in [-0.05, 0) is 28.8 Å². The molecule has 2 aromatic rings. The van der Waals surface area contributed by atoms with Crippen LogP contribution in [0.15, 0.2) is 36.4 Å². The highest BCUT2D eigenvalue weighted by molar-refractivity contribution is 5.99. The van der Waals surface area contributed by atoms with Gasteiger partial charge in [0.15, 0.2) is 6.61 Å². The molecular formula is C18H21NO4. The van der Waals surface area contributed by atoms with E-state index >= 15 is 0 Å². The molecule has 0 aliphatic heterocycles. The van der Waals surface area contributed by atoms with Crippen LogP contribution in [0.1, 0.15) is 24.2 Å². The van der Waals surface area contributed by atoms with Crippen molar-refractivity contribution in [2.45, 2.75) is 13.8 Å². The maximum Gasteiger partial charge on any atom is 0.342 e. The number of hydrogen-bond donors (Lipinski definition) is 1. The number of rotatable bonds is 6. The lowest BCUT2D eigenvalue weighted by Gasteiger charge is -2.11. The molecular weight excluding hydrogens is 294 g/mol. The van der Waals surface area contributed by atoms with Gasteiger partial charge < -0.3 is 14.8 Å². The Morgan fingerprint density at radius 2 is 1.78 bits per heavy atom. The van der Waals surface area contributed by atoms with Crippen molar-refractivity contribution < 1.29 is 19.1 Å². The lowest BCUT2D eigenvalue weighted by atomic mass is 10.1. The van der Waals surface area contributed by atoms with Gasteiger partial charge in [0, 0.05) is 6.54 Å². The minimum atomic E-state index is -0.577. The van der Waals surface area contributed by atoms with Crippen LogP contribution < -0.4 is 10.1 Å². The first-order chi connectivity index (χ1) is 11.0. The first-order valence-corrected chi connectivity index (χ1v) is 7.52. The van der Waals surface area contributed by atoms with Gasteiger partial charge in [-0.25, -0.2) is 4.79 Å². The molecule has 0 aliphatic carbocycles. The van der Waals surface area contributed by atoms with Crippen molar-refractivity contribution in [2.24, 2.45) is 5.92 Å². The van der Waals surface area contributed by atoms with Gasteiger partial charge in [0.05, 0.1) is 7.11 Å². The van der Waals surface area contributed by atoms with Crippen molar-refractivity contribution >= 4 is 22.6 Å². The van der Waals surface area contributed by atoms with Crippen LogP contribution in [0, 0.1) is 5.92 Å². The molecule has 2 aromatic carbocycles. The van der Waals surface area contributed by atoms with E-state index < -0.39 is 5.97 Å². The highest BCUT2D eigenvalue weighted by Crippen LogP contribution is 2.26. The Balaban J connectivity index is 2.09. The monoisotopic (exact) mass is 315 g/mol. The number of amides is 1. The third-order valence-corrected chi connectivity index (χ3v) is 3.33. The molecule has 0 radical (unpaired) electrons. The van der Waals surface area contributed by atoms with Crippen molar-refractivity contribution in [1.82, 2.24) is 5.32 Å². The zero-order valence-corrected chi connectivity index (χ0v) is 13.6. The Morgan fingerprint density at radius 3 is 2.39 bits per heavy atom. The number of ether oxygens (including phenoxy) is 2. The van der Waals surface area contributed by atoms with E-state index in [1.807, 2.05) is 38.1 Å². The molecule has 5 heteroatoms. The Labute approximate surface area is 135 Å². The number of carbonyl (C=O) groups excluding carboxylic acids is 2. The van der Waals surface area contributed by atoms with E-state index in [2.05, 4.69) is 5.32 Å². The topological polar surface area (TPSA) is 64.6 Å². The van der Waals surface area contributed by atoms with Crippen LogP contribution in [-0.4, -0.2) is 32.1 Å². The summed E-state index contributed by atoms with van der Waals surface area (Å²) in [4.78, 5) is 23.9. The maximum absolute atomic E-state index is 12.2. The van der Waals surface area contributed by atoms with E-state index in [0.717, 1.165) is 10.8 Å². The van der Waals surface area contributed by atoms with Gasteiger partial charge in [0.25, 0.3) is 5.91 Å². The molecule has 5 nitrogen and oxygen atoms in total. The number of methoxy groups -OCH3 is 1.